The van der Waals surface area contributed by atoms with Gasteiger partial charge in [0.25, 0.3) is 11.5 Å². The van der Waals surface area contributed by atoms with E-state index in [1.165, 1.54) is 23.3 Å². The Morgan fingerprint density at radius 3 is 2.66 bits per heavy atom. The van der Waals surface area contributed by atoms with Gasteiger partial charge >= 0.3 is 0 Å². The van der Waals surface area contributed by atoms with Gasteiger partial charge in [0.1, 0.15) is 12.1 Å². The van der Waals surface area contributed by atoms with Crippen LogP contribution in [0.3, 0.4) is 0 Å². The summed E-state index contributed by atoms with van der Waals surface area (Å²) in [6, 6.07) is 3.02. The third-order valence-corrected chi connectivity index (χ3v) is 5.41. The third-order valence-electron chi connectivity index (χ3n) is 5.41. The molecule has 0 saturated heterocycles. The monoisotopic (exact) mass is 399 g/mol. The zero-order valence-electron chi connectivity index (χ0n) is 17.3. The largest absolute Gasteiger partial charge is 0.349 e. The lowest BCUT2D eigenvalue weighted by atomic mass is 9.95. The van der Waals surface area contributed by atoms with Crippen molar-refractivity contribution in [2.75, 3.05) is 0 Å². The fourth-order valence-corrected chi connectivity index (χ4v) is 3.91. The van der Waals surface area contributed by atoms with Crippen LogP contribution in [0.5, 0.6) is 0 Å². The maximum atomic E-state index is 12.7. The Labute approximate surface area is 170 Å². The highest BCUT2D eigenvalue weighted by Crippen LogP contribution is 2.17. The number of aromatic nitrogens is 3. The number of pyridine rings is 1. The molecule has 8 heteroatoms. The van der Waals surface area contributed by atoms with E-state index in [4.69, 9.17) is 0 Å². The van der Waals surface area contributed by atoms with Gasteiger partial charge in [-0.2, -0.15) is 5.10 Å². The second-order valence-electron chi connectivity index (χ2n) is 7.80. The Hall–Kier alpha value is -2.90. The van der Waals surface area contributed by atoms with E-state index in [0.717, 1.165) is 36.9 Å². The minimum absolute atomic E-state index is 0.0713. The van der Waals surface area contributed by atoms with Crippen LogP contribution in [0.25, 0.3) is 0 Å². The van der Waals surface area contributed by atoms with Gasteiger partial charge in [-0.05, 0) is 38.8 Å². The molecule has 0 spiro atoms. The normalized spacial score (nSPS) is 15.7. The number of nitrogens with zero attached hydrogens (tertiary/aromatic N) is 3. The van der Waals surface area contributed by atoms with E-state index in [1.807, 2.05) is 27.1 Å². The summed E-state index contributed by atoms with van der Waals surface area (Å²) in [7, 11) is 1.83. The van der Waals surface area contributed by atoms with Gasteiger partial charge < -0.3 is 15.2 Å². The Morgan fingerprint density at radius 2 is 2.00 bits per heavy atom. The number of carbonyl (C=O) groups excluding carboxylic acids is 2. The predicted molar refractivity (Wildman–Crippen MR) is 110 cm³/mol. The Morgan fingerprint density at radius 1 is 1.28 bits per heavy atom. The van der Waals surface area contributed by atoms with Gasteiger partial charge in [-0.1, -0.05) is 19.3 Å². The topological polar surface area (TPSA) is 98.0 Å². The van der Waals surface area contributed by atoms with Crippen LogP contribution < -0.4 is 16.2 Å². The molecule has 2 N–H and O–H groups in total. The highest BCUT2D eigenvalue weighted by Gasteiger charge is 2.20. The first-order valence-corrected chi connectivity index (χ1v) is 10.1. The molecule has 1 aliphatic rings. The van der Waals surface area contributed by atoms with Crippen LogP contribution in [0.1, 0.15) is 66.7 Å². The summed E-state index contributed by atoms with van der Waals surface area (Å²) in [5.41, 5.74) is 1.39. The third kappa shape index (κ3) is 5.13. The molecular formula is C21H29N5O3. The zero-order chi connectivity index (χ0) is 21.0. The lowest BCUT2D eigenvalue weighted by Crippen LogP contribution is -2.41. The van der Waals surface area contributed by atoms with E-state index in [9.17, 15) is 14.4 Å². The number of carbonyl (C=O) groups is 2. The van der Waals surface area contributed by atoms with Crippen molar-refractivity contribution in [2.24, 2.45) is 7.05 Å². The van der Waals surface area contributed by atoms with Gasteiger partial charge in [-0.15, -0.1) is 0 Å². The summed E-state index contributed by atoms with van der Waals surface area (Å²) in [4.78, 5) is 37.7. The van der Waals surface area contributed by atoms with Crippen LogP contribution in [-0.2, 0) is 18.4 Å². The molecule has 1 aliphatic carbocycles. The van der Waals surface area contributed by atoms with Crippen LogP contribution >= 0.6 is 0 Å². The summed E-state index contributed by atoms with van der Waals surface area (Å²) in [5, 5.41) is 10.1. The van der Waals surface area contributed by atoms with Crippen molar-refractivity contribution < 1.29 is 9.59 Å². The SMILES string of the molecule is Cc1nn(C)cc1[C@H](C)NC(=O)Cn1cccc(C(=O)NC2CCCCC2)c1=O. The van der Waals surface area contributed by atoms with Crippen molar-refractivity contribution in [3.63, 3.8) is 0 Å². The highest BCUT2D eigenvalue weighted by atomic mass is 16.2. The van der Waals surface area contributed by atoms with Crippen molar-refractivity contribution in [1.29, 1.82) is 0 Å². The minimum Gasteiger partial charge on any atom is -0.349 e. The Balaban J connectivity index is 1.65. The van der Waals surface area contributed by atoms with E-state index in [1.54, 1.807) is 10.7 Å². The summed E-state index contributed by atoms with van der Waals surface area (Å²) < 4.78 is 2.97. The molecule has 0 radical (unpaired) electrons. The summed E-state index contributed by atoms with van der Waals surface area (Å²) >= 11 is 0. The number of hydrogen-bond donors (Lipinski definition) is 2. The number of hydrogen-bond acceptors (Lipinski definition) is 4. The molecule has 0 unspecified atom stereocenters. The first-order valence-electron chi connectivity index (χ1n) is 10.1. The van der Waals surface area contributed by atoms with Crippen molar-refractivity contribution in [3.05, 3.63) is 51.7 Å². The van der Waals surface area contributed by atoms with Gasteiger partial charge in [0.2, 0.25) is 5.91 Å². The molecular weight excluding hydrogens is 370 g/mol. The highest BCUT2D eigenvalue weighted by molar-refractivity contribution is 5.94. The summed E-state index contributed by atoms with van der Waals surface area (Å²) in [6.45, 7) is 3.61. The molecule has 0 aliphatic heterocycles. The molecule has 2 aromatic heterocycles. The molecule has 0 bridgehead atoms. The van der Waals surface area contributed by atoms with Gasteiger partial charge in [0.05, 0.1) is 11.7 Å². The van der Waals surface area contributed by atoms with E-state index in [2.05, 4.69) is 15.7 Å². The first kappa shape index (κ1) is 20.8. The molecule has 0 aromatic carbocycles. The fourth-order valence-electron chi connectivity index (χ4n) is 3.91. The van der Waals surface area contributed by atoms with Gasteiger partial charge in [-0.25, -0.2) is 0 Å². The average molecular weight is 399 g/mol. The van der Waals surface area contributed by atoms with Crippen LogP contribution in [0.15, 0.2) is 29.3 Å². The second-order valence-corrected chi connectivity index (χ2v) is 7.80. The predicted octanol–water partition coefficient (Wildman–Crippen LogP) is 1.83. The smallest absolute Gasteiger partial charge is 0.263 e. The lowest BCUT2D eigenvalue weighted by Gasteiger charge is -2.22. The molecule has 156 valence electrons. The molecule has 1 atom stereocenters. The minimum atomic E-state index is -0.457. The number of nitrogens with one attached hydrogen (secondary N) is 2. The van der Waals surface area contributed by atoms with Crippen LogP contribution in [0.2, 0.25) is 0 Å². The number of rotatable bonds is 6. The standard InChI is InChI=1S/C21H29N5O3/c1-14(18-12-25(3)24-15(18)2)22-19(27)13-26-11-7-10-17(21(26)29)20(28)23-16-8-5-4-6-9-16/h7,10-12,14,16H,4-6,8-9,13H2,1-3H3,(H,22,27)(H,23,28)/t14-/m0/s1. The van der Waals surface area contributed by atoms with Gasteiger partial charge in [-0.3, -0.25) is 19.1 Å². The van der Waals surface area contributed by atoms with Gasteiger partial charge in [0.15, 0.2) is 0 Å². The zero-order valence-corrected chi connectivity index (χ0v) is 17.3. The van der Waals surface area contributed by atoms with Crippen molar-refractivity contribution in [3.8, 4) is 0 Å². The lowest BCUT2D eigenvalue weighted by molar-refractivity contribution is -0.122. The van der Waals surface area contributed by atoms with Gasteiger partial charge in [0, 0.05) is 31.0 Å². The maximum absolute atomic E-state index is 12.7. The quantitative estimate of drug-likeness (QED) is 0.774. The molecule has 3 rings (SSSR count). The number of aryl methyl sites for hydroxylation is 2. The van der Waals surface area contributed by atoms with Crippen LogP contribution in [0, 0.1) is 6.92 Å². The Bertz CT molecular complexity index is 940. The maximum Gasteiger partial charge on any atom is 0.263 e. The van der Waals surface area contributed by atoms with E-state index in [-0.39, 0.29) is 36.0 Å². The van der Waals surface area contributed by atoms with E-state index in [0.29, 0.717) is 0 Å². The molecule has 2 amide bonds. The Kier molecular flexibility index (Phi) is 6.51. The second kappa shape index (κ2) is 9.07. The summed E-state index contributed by atoms with van der Waals surface area (Å²) in [6.07, 6.45) is 8.66. The van der Waals surface area contributed by atoms with Crippen molar-refractivity contribution in [1.82, 2.24) is 25.0 Å². The molecule has 2 heterocycles. The fraction of sp³-hybridized carbons (Fsp3) is 0.524. The first-order chi connectivity index (χ1) is 13.8. The summed E-state index contributed by atoms with van der Waals surface area (Å²) in [5.74, 6) is -0.663. The van der Waals surface area contributed by atoms with Crippen molar-refractivity contribution in [2.45, 2.75) is 64.6 Å². The molecule has 1 fully saturated rings. The van der Waals surface area contributed by atoms with E-state index >= 15 is 0 Å². The molecule has 2 aromatic rings. The number of amides is 2. The van der Waals surface area contributed by atoms with Crippen LogP contribution in [-0.4, -0.2) is 32.2 Å². The molecule has 1 saturated carbocycles. The molecule has 8 nitrogen and oxygen atoms in total. The average Bonchev–Trinajstić information content (AvgIpc) is 3.02. The van der Waals surface area contributed by atoms with E-state index < -0.39 is 5.56 Å². The van der Waals surface area contributed by atoms with Crippen LogP contribution in [0.4, 0.5) is 0 Å². The van der Waals surface area contributed by atoms with Crippen molar-refractivity contribution >= 4 is 11.8 Å². The molecule has 29 heavy (non-hydrogen) atoms.